The van der Waals surface area contributed by atoms with E-state index in [2.05, 4.69) is 27.9 Å². The second kappa shape index (κ2) is 14.6. The number of nitrogens with one attached hydrogen (secondary N) is 1. The molecule has 0 saturated heterocycles. The number of aromatic nitrogens is 1. The lowest BCUT2D eigenvalue weighted by atomic mass is 9.95. The monoisotopic (exact) mass is 805 g/mol. The van der Waals surface area contributed by atoms with Gasteiger partial charge in [-0.25, -0.2) is 4.99 Å². The van der Waals surface area contributed by atoms with Crippen molar-refractivity contribution in [3.63, 3.8) is 0 Å². The van der Waals surface area contributed by atoms with Crippen LogP contribution in [0.3, 0.4) is 0 Å². The Labute approximate surface area is 306 Å². The molecule has 1 aliphatic heterocycles. The van der Waals surface area contributed by atoms with Crippen molar-refractivity contribution in [1.29, 1.82) is 0 Å². The van der Waals surface area contributed by atoms with Crippen molar-refractivity contribution in [2.45, 2.75) is 33.4 Å². The molecule has 0 radical (unpaired) electrons. The third-order valence-corrected chi connectivity index (χ3v) is 10.4. The number of fused-ring (bicyclic) bond motifs is 1. The van der Waals surface area contributed by atoms with E-state index >= 15 is 0 Å². The number of rotatable bonds is 9. The van der Waals surface area contributed by atoms with E-state index in [1.807, 2.05) is 98.8 Å². The summed E-state index contributed by atoms with van der Waals surface area (Å²) in [6.45, 7) is 6.03. The van der Waals surface area contributed by atoms with Gasteiger partial charge in [0.2, 0.25) is 0 Å². The molecule has 0 fully saturated rings. The molecular formula is C38H33ClIN3O5S. The van der Waals surface area contributed by atoms with Gasteiger partial charge >= 0.3 is 0 Å². The Bertz CT molecular complexity index is 2300. The lowest BCUT2D eigenvalue weighted by Crippen LogP contribution is -2.40. The highest BCUT2D eigenvalue weighted by Crippen LogP contribution is 2.36. The Hall–Kier alpha value is -4.39. The summed E-state index contributed by atoms with van der Waals surface area (Å²) in [5.41, 5.74) is 5.76. The zero-order valence-electron chi connectivity index (χ0n) is 27.5. The predicted molar refractivity (Wildman–Crippen MR) is 203 cm³/mol. The van der Waals surface area contributed by atoms with Crippen LogP contribution in [0.4, 0.5) is 5.69 Å². The van der Waals surface area contributed by atoms with E-state index in [1.54, 1.807) is 25.7 Å². The number of ether oxygens (including phenoxy) is 3. The number of anilines is 1. The molecule has 1 aliphatic rings. The molecule has 8 nitrogen and oxygen atoms in total. The van der Waals surface area contributed by atoms with Gasteiger partial charge in [-0.3, -0.25) is 14.2 Å². The molecule has 4 aromatic carbocycles. The first-order valence-corrected chi connectivity index (χ1v) is 17.6. The van der Waals surface area contributed by atoms with Gasteiger partial charge in [0, 0.05) is 16.3 Å². The number of methoxy groups -OCH3 is 2. The first-order valence-electron chi connectivity index (χ1n) is 15.4. The molecular weight excluding hydrogens is 773 g/mol. The van der Waals surface area contributed by atoms with Gasteiger partial charge in [-0.05, 0) is 103 Å². The number of hydrogen-bond acceptors (Lipinski definition) is 7. The van der Waals surface area contributed by atoms with Crippen molar-refractivity contribution in [2.75, 3.05) is 19.5 Å². The lowest BCUT2D eigenvalue weighted by molar-refractivity contribution is -0.113. The van der Waals surface area contributed by atoms with Crippen molar-refractivity contribution >= 4 is 63.2 Å². The Balaban J connectivity index is 1.41. The first kappa shape index (κ1) is 34.5. The average molecular weight is 806 g/mol. The molecule has 11 heteroatoms. The highest BCUT2D eigenvalue weighted by molar-refractivity contribution is 14.1. The average Bonchev–Trinajstić information content (AvgIpc) is 3.38. The van der Waals surface area contributed by atoms with Crippen LogP contribution in [0.2, 0.25) is 5.02 Å². The number of allylic oxidation sites excluding steroid dienone is 1. The molecule has 1 atom stereocenters. The minimum absolute atomic E-state index is 0.262. The molecule has 49 heavy (non-hydrogen) atoms. The third kappa shape index (κ3) is 7.17. The van der Waals surface area contributed by atoms with E-state index in [9.17, 15) is 9.59 Å². The minimum Gasteiger partial charge on any atom is -0.497 e. The second-order valence-electron chi connectivity index (χ2n) is 11.5. The fourth-order valence-electron chi connectivity index (χ4n) is 5.74. The molecule has 1 N–H and O–H groups in total. The van der Waals surface area contributed by atoms with Crippen LogP contribution in [-0.4, -0.2) is 24.7 Å². The largest absolute Gasteiger partial charge is 0.497 e. The van der Waals surface area contributed by atoms with E-state index in [1.165, 1.54) is 11.3 Å². The van der Waals surface area contributed by atoms with Crippen molar-refractivity contribution in [3.8, 4) is 17.2 Å². The van der Waals surface area contributed by atoms with E-state index in [-0.39, 0.29) is 18.1 Å². The normalized spacial score (nSPS) is 14.3. The summed E-state index contributed by atoms with van der Waals surface area (Å²) in [5.74, 6) is 1.45. The summed E-state index contributed by atoms with van der Waals surface area (Å²) in [6.07, 6.45) is 1.81. The SMILES string of the molecule is COc1ccc([C@H]2C(C(=O)Nc3ccc(C)cc3C)=C(C)N=c3s/c(=C/c4cc(I)c(OCc5ccccc5Cl)c(OC)c4)c(=O)n32)cc1. The number of benzene rings is 4. The van der Waals surface area contributed by atoms with Crippen LogP contribution in [0.1, 0.15) is 40.8 Å². The molecule has 0 aliphatic carbocycles. The number of carbonyl (C=O) groups excluding carboxylic acids is 1. The third-order valence-electron chi connectivity index (χ3n) is 8.21. The van der Waals surface area contributed by atoms with Gasteiger partial charge < -0.3 is 19.5 Å². The van der Waals surface area contributed by atoms with Crippen LogP contribution < -0.4 is 34.4 Å². The van der Waals surface area contributed by atoms with Gasteiger partial charge in [-0.1, -0.05) is 71.0 Å². The lowest BCUT2D eigenvalue weighted by Gasteiger charge is -2.25. The maximum absolute atomic E-state index is 14.3. The Kier molecular flexibility index (Phi) is 10.3. The molecule has 1 aromatic heterocycles. The van der Waals surface area contributed by atoms with Crippen molar-refractivity contribution in [3.05, 3.63) is 146 Å². The summed E-state index contributed by atoms with van der Waals surface area (Å²) in [5, 5.41) is 3.69. The molecule has 0 spiro atoms. The first-order chi connectivity index (χ1) is 23.6. The molecule has 2 heterocycles. The predicted octanol–water partition coefficient (Wildman–Crippen LogP) is 7.34. The smallest absolute Gasteiger partial charge is 0.271 e. The van der Waals surface area contributed by atoms with Crippen LogP contribution in [-0.2, 0) is 11.4 Å². The Morgan fingerprint density at radius 3 is 2.47 bits per heavy atom. The highest BCUT2D eigenvalue weighted by Gasteiger charge is 2.33. The number of thiazole rings is 1. The van der Waals surface area contributed by atoms with Crippen molar-refractivity contribution in [1.82, 2.24) is 4.57 Å². The second-order valence-corrected chi connectivity index (χ2v) is 14.1. The number of aryl methyl sites for hydroxylation is 2. The molecule has 0 saturated carbocycles. The number of carbonyl (C=O) groups is 1. The van der Waals surface area contributed by atoms with Gasteiger partial charge in [-0.15, -0.1) is 0 Å². The maximum atomic E-state index is 14.3. The summed E-state index contributed by atoms with van der Waals surface area (Å²) < 4.78 is 20.1. The highest BCUT2D eigenvalue weighted by atomic mass is 127. The quantitative estimate of drug-likeness (QED) is 0.158. The van der Waals surface area contributed by atoms with Crippen LogP contribution in [0.5, 0.6) is 17.2 Å². The standard InChI is InChI=1S/C38H33ClIN3O5S/c1-21-10-15-30(22(2)16-21)42-36(44)33-23(3)41-38-43(34(33)25-11-13-27(46-4)14-12-25)37(45)32(49-38)19-24-17-29(40)35(31(18-24)47-5)48-20-26-8-6-7-9-28(26)39/h6-19,34H,20H2,1-5H3,(H,42,44)/b32-19+/t34-/m0/s1. The Morgan fingerprint density at radius 1 is 1.02 bits per heavy atom. The Morgan fingerprint density at radius 2 is 1.78 bits per heavy atom. The zero-order chi connectivity index (χ0) is 34.8. The van der Waals surface area contributed by atoms with Gasteiger partial charge in [0.15, 0.2) is 16.3 Å². The molecule has 1 amide bonds. The fraction of sp³-hybridized carbons (Fsp3) is 0.184. The topological polar surface area (TPSA) is 91.2 Å². The summed E-state index contributed by atoms with van der Waals surface area (Å²) in [6, 6.07) is 23.8. The van der Waals surface area contributed by atoms with Crippen LogP contribution in [0.25, 0.3) is 6.08 Å². The maximum Gasteiger partial charge on any atom is 0.271 e. The van der Waals surface area contributed by atoms with Crippen molar-refractivity contribution in [2.24, 2.45) is 4.99 Å². The molecule has 250 valence electrons. The van der Waals surface area contributed by atoms with Gasteiger partial charge in [0.1, 0.15) is 12.4 Å². The number of halogens is 2. The number of hydrogen-bond donors (Lipinski definition) is 1. The van der Waals surface area contributed by atoms with Crippen molar-refractivity contribution < 1.29 is 19.0 Å². The molecule has 5 aromatic rings. The summed E-state index contributed by atoms with van der Waals surface area (Å²) in [4.78, 5) is 33.6. The van der Waals surface area contributed by atoms with Crippen LogP contribution >= 0.6 is 45.5 Å². The molecule has 0 unspecified atom stereocenters. The summed E-state index contributed by atoms with van der Waals surface area (Å²) >= 11 is 9.80. The van der Waals surface area contributed by atoms with Gasteiger partial charge in [0.05, 0.1) is 39.6 Å². The fourth-order valence-corrected chi connectivity index (χ4v) is 7.75. The van der Waals surface area contributed by atoms with Gasteiger partial charge in [0.25, 0.3) is 11.5 Å². The van der Waals surface area contributed by atoms with E-state index < -0.39 is 6.04 Å². The van der Waals surface area contributed by atoms with E-state index in [0.717, 1.165) is 31.4 Å². The number of nitrogens with zero attached hydrogens (tertiary/aromatic N) is 2. The zero-order valence-corrected chi connectivity index (χ0v) is 31.2. The molecule has 6 rings (SSSR count). The minimum atomic E-state index is -0.717. The summed E-state index contributed by atoms with van der Waals surface area (Å²) in [7, 11) is 3.17. The molecule has 0 bridgehead atoms. The van der Waals surface area contributed by atoms with E-state index in [4.69, 9.17) is 30.8 Å². The van der Waals surface area contributed by atoms with Crippen LogP contribution in [0.15, 0.2) is 99.9 Å². The van der Waals surface area contributed by atoms with Crippen LogP contribution in [0, 0.1) is 17.4 Å². The van der Waals surface area contributed by atoms with Gasteiger partial charge in [-0.2, -0.15) is 0 Å². The van der Waals surface area contributed by atoms with E-state index in [0.29, 0.717) is 48.6 Å². The number of amides is 1.